The van der Waals surface area contributed by atoms with Gasteiger partial charge >= 0.3 is 5.97 Å². The summed E-state index contributed by atoms with van der Waals surface area (Å²) in [6, 6.07) is 12.8. The van der Waals surface area contributed by atoms with Crippen molar-refractivity contribution in [2.75, 3.05) is 6.54 Å². The molecule has 3 aromatic rings. The number of ether oxygens (including phenoxy) is 1. The van der Waals surface area contributed by atoms with Crippen LogP contribution in [0.4, 0.5) is 0 Å². The number of benzene rings is 2. The molecule has 9 heteroatoms. The van der Waals surface area contributed by atoms with Gasteiger partial charge in [-0.25, -0.2) is 9.78 Å². The number of hydrogen-bond acceptors (Lipinski definition) is 7. The van der Waals surface area contributed by atoms with Crippen LogP contribution in [0.15, 0.2) is 47.3 Å². The van der Waals surface area contributed by atoms with E-state index in [0.717, 1.165) is 4.57 Å². The van der Waals surface area contributed by atoms with Gasteiger partial charge in [-0.3, -0.25) is 23.9 Å². The Hall–Kier alpha value is -4.32. The molecule has 0 radical (unpaired) electrons. The lowest BCUT2D eigenvalue weighted by Crippen LogP contribution is -2.31. The Morgan fingerprint density at radius 3 is 2.56 bits per heavy atom. The van der Waals surface area contributed by atoms with E-state index in [1.54, 1.807) is 24.3 Å². The van der Waals surface area contributed by atoms with E-state index in [0.29, 0.717) is 29.8 Å². The first-order chi connectivity index (χ1) is 16.3. The number of carbonyl (C=O) groups is 3. The standard InChI is InChI=1S/C25H22N4O5/c1-15(2)9-11-29-22(30)17-8-7-16(13-19(17)24(29)32)25(33)34-14-21-27-20-6-4-3-5-18(20)23(31)28(21)12-10-26/h3-8,13,15H,9,11-12,14H2,1-2H3. The summed E-state index contributed by atoms with van der Waals surface area (Å²) in [6.45, 7) is 3.74. The van der Waals surface area contributed by atoms with Gasteiger partial charge in [-0.05, 0) is 42.7 Å². The van der Waals surface area contributed by atoms with E-state index in [9.17, 15) is 19.2 Å². The van der Waals surface area contributed by atoms with E-state index in [1.165, 1.54) is 23.1 Å². The Balaban J connectivity index is 1.56. The van der Waals surface area contributed by atoms with E-state index in [1.807, 2.05) is 19.9 Å². The lowest BCUT2D eigenvalue weighted by atomic mass is 10.1. The number of esters is 1. The second kappa shape index (κ2) is 9.27. The predicted octanol–water partition coefficient (Wildman–Crippen LogP) is 2.92. The van der Waals surface area contributed by atoms with Crippen LogP contribution in [-0.4, -0.2) is 38.8 Å². The van der Waals surface area contributed by atoms with Crippen LogP contribution in [0.2, 0.25) is 0 Å². The van der Waals surface area contributed by atoms with Gasteiger partial charge in [-0.1, -0.05) is 26.0 Å². The highest BCUT2D eigenvalue weighted by molar-refractivity contribution is 6.21. The molecule has 0 saturated carbocycles. The number of para-hydroxylation sites is 1. The molecule has 0 unspecified atom stereocenters. The van der Waals surface area contributed by atoms with Crippen LogP contribution in [0.25, 0.3) is 10.9 Å². The molecule has 0 aliphatic carbocycles. The van der Waals surface area contributed by atoms with E-state index >= 15 is 0 Å². The normalized spacial score (nSPS) is 12.8. The van der Waals surface area contributed by atoms with Gasteiger partial charge in [-0.2, -0.15) is 5.26 Å². The third-order valence-corrected chi connectivity index (χ3v) is 5.64. The van der Waals surface area contributed by atoms with Gasteiger partial charge in [0.1, 0.15) is 13.2 Å². The largest absolute Gasteiger partial charge is 0.454 e. The molecule has 0 bridgehead atoms. The minimum Gasteiger partial charge on any atom is -0.454 e. The number of amides is 2. The van der Waals surface area contributed by atoms with Crippen molar-refractivity contribution in [2.24, 2.45) is 5.92 Å². The molecule has 1 aromatic heterocycles. The van der Waals surface area contributed by atoms with Crippen molar-refractivity contribution in [3.63, 3.8) is 0 Å². The van der Waals surface area contributed by atoms with Crippen molar-refractivity contribution in [1.82, 2.24) is 14.5 Å². The van der Waals surface area contributed by atoms with Crippen LogP contribution in [0.5, 0.6) is 0 Å². The molecule has 1 aliphatic rings. The minimum atomic E-state index is -0.741. The monoisotopic (exact) mass is 458 g/mol. The van der Waals surface area contributed by atoms with Gasteiger partial charge in [-0.15, -0.1) is 0 Å². The average molecular weight is 458 g/mol. The van der Waals surface area contributed by atoms with Crippen LogP contribution >= 0.6 is 0 Å². The summed E-state index contributed by atoms with van der Waals surface area (Å²) >= 11 is 0. The number of nitrogens with zero attached hydrogens (tertiary/aromatic N) is 4. The topological polar surface area (TPSA) is 122 Å². The highest BCUT2D eigenvalue weighted by Crippen LogP contribution is 2.25. The van der Waals surface area contributed by atoms with Crippen LogP contribution in [0.1, 0.15) is 57.2 Å². The number of nitriles is 1. The molecule has 0 fully saturated rings. The molecule has 0 atom stereocenters. The molecule has 2 aromatic carbocycles. The summed E-state index contributed by atoms with van der Waals surface area (Å²) in [5.41, 5.74) is 0.538. The molecule has 4 rings (SSSR count). The molecule has 9 nitrogen and oxygen atoms in total. The fraction of sp³-hybridized carbons (Fsp3) is 0.280. The van der Waals surface area contributed by atoms with Crippen LogP contribution < -0.4 is 5.56 Å². The van der Waals surface area contributed by atoms with Crippen molar-refractivity contribution >= 4 is 28.7 Å². The molecule has 0 N–H and O–H groups in total. The van der Waals surface area contributed by atoms with Gasteiger partial charge in [0.15, 0.2) is 5.82 Å². The maximum Gasteiger partial charge on any atom is 0.338 e. The van der Waals surface area contributed by atoms with Gasteiger partial charge in [0.2, 0.25) is 0 Å². The van der Waals surface area contributed by atoms with Gasteiger partial charge in [0.25, 0.3) is 17.4 Å². The molecule has 0 spiro atoms. The molecule has 2 amide bonds. The van der Waals surface area contributed by atoms with E-state index < -0.39 is 17.4 Å². The lowest BCUT2D eigenvalue weighted by Gasteiger charge is -2.14. The van der Waals surface area contributed by atoms with Crippen LogP contribution in [0, 0.1) is 17.2 Å². The van der Waals surface area contributed by atoms with Crippen LogP contribution in [0.3, 0.4) is 0 Å². The van der Waals surface area contributed by atoms with E-state index in [2.05, 4.69) is 4.98 Å². The lowest BCUT2D eigenvalue weighted by molar-refractivity contribution is 0.0457. The number of aromatic nitrogens is 2. The highest BCUT2D eigenvalue weighted by Gasteiger charge is 2.35. The third kappa shape index (κ3) is 4.18. The number of rotatable bonds is 7. The Morgan fingerprint density at radius 1 is 1.09 bits per heavy atom. The Kier molecular flexibility index (Phi) is 6.23. The zero-order chi connectivity index (χ0) is 24.4. The maximum atomic E-state index is 12.7. The third-order valence-electron chi connectivity index (χ3n) is 5.64. The number of fused-ring (bicyclic) bond motifs is 2. The second-order valence-corrected chi connectivity index (χ2v) is 8.38. The first-order valence-electron chi connectivity index (χ1n) is 10.8. The quantitative estimate of drug-likeness (QED) is 0.394. The fourth-order valence-electron chi connectivity index (χ4n) is 3.78. The van der Waals surface area contributed by atoms with Crippen molar-refractivity contribution < 1.29 is 19.1 Å². The zero-order valence-electron chi connectivity index (χ0n) is 18.8. The van der Waals surface area contributed by atoms with Crippen molar-refractivity contribution in [2.45, 2.75) is 33.4 Å². The number of carbonyl (C=O) groups excluding carboxylic acids is 3. The Bertz CT molecular complexity index is 1420. The molecular weight excluding hydrogens is 436 g/mol. The molecule has 34 heavy (non-hydrogen) atoms. The summed E-state index contributed by atoms with van der Waals surface area (Å²) in [4.78, 5) is 56.3. The first-order valence-corrected chi connectivity index (χ1v) is 10.8. The molecule has 2 heterocycles. The zero-order valence-corrected chi connectivity index (χ0v) is 18.8. The van der Waals surface area contributed by atoms with Gasteiger partial charge < -0.3 is 4.74 Å². The van der Waals surface area contributed by atoms with Crippen LogP contribution in [-0.2, 0) is 17.9 Å². The minimum absolute atomic E-state index is 0.0978. The molecule has 172 valence electrons. The smallest absolute Gasteiger partial charge is 0.338 e. The molecule has 1 aliphatic heterocycles. The average Bonchev–Trinajstić information content (AvgIpc) is 3.07. The SMILES string of the molecule is CC(C)CCN1C(=O)c2ccc(C(=O)OCc3nc4ccccc4c(=O)n3CC#N)cc2C1=O. The number of imide groups is 1. The predicted molar refractivity (Wildman–Crippen MR) is 122 cm³/mol. The van der Waals surface area contributed by atoms with Crippen molar-refractivity contribution in [3.8, 4) is 6.07 Å². The molecular formula is C25H22N4O5. The molecule has 0 saturated heterocycles. The van der Waals surface area contributed by atoms with E-state index in [4.69, 9.17) is 10.00 Å². The second-order valence-electron chi connectivity index (χ2n) is 8.38. The fourth-order valence-corrected chi connectivity index (χ4v) is 3.78. The summed E-state index contributed by atoms with van der Waals surface area (Å²) in [6.07, 6.45) is 0.684. The highest BCUT2D eigenvalue weighted by atomic mass is 16.5. The van der Waals surface area contributed by atoms with Gasteiger partial charge in [0, 0.05) is 6.54 Å². The summed E-state index contributed by atoms with van der Waals surface area (Å²) in [7, 11) is 0. The number of hydrogen-bond donors (Lipinski definition) is 0. The Labute approximate surface area is 195 Å². The summed E-state index contributed by atoms with van der Waals surface area (Å²) < 4.78 is 6.51. The van der Waals surface area contributed by atoms with Crippen molar-refractivity contribution in [3.05, 3.63) is 75.3 Å². The van der Waals surface area contributed by atoms with E-state index in [-0.39, 0.29) is 41.6 Å². The van der Waals surface area contributed by atoms with Gasteiger partial charge in [0.05, 0.1) is 33.7 Å². The summed E-state index contributed by atoms with van der Waals surface area (Å²) in [5.74, 6) is -1.09. The maximum absolute atomic E-state index is 12.7. The Morgan fingerprint density at radius 2 is 1.82 bits per heavy atom. The summed E-state index contributed by atoms with van der Waals surface area (Å²) in [5, 5.41) is 9.47. The van der Waals surface area contributed by atoms with Crippen molar-refractivity contribution in [1.29, 1.82) is 5.26 Å². The first kappa shape index (κ1) is 22.9.